The molecule has 0 radical (unpaired) electrons. The Morgan fingerprint density at radius 2 is 2.25 bits per heavy atom. The molecule has 2 atom stereocenters. The highest BCUT2D eigenvalue weighted by molar-refractivity contribution is 7.99. The summed E-state index contributed by atoms with van der Waals surface area (Å²) in [6, 6.07) is 0.477. The van der Waals surface area contributed by atoms with Crippen molar-refractivity contribution in [2.24, 2.45) is 0 Å². The van der Waals surface area contributed by atoms with Crippen molar-refractivity contribution < 1.29 is 4.52 Å². The Labute approximate surface area is 99.6 Å². The van der Waals surface area contributed by atoms with E-state index >= 15 is 0 Å². The Hall–Kier alpha value is -0.550. The highest BCUT2D eigenvalue weighted by atomic mass is 32.2. The Bertz CT molecular complexity index is 388. The average Bonchev–Trinajstić information content (AvgIpc) is 2.78. The molecule has 1 aliphatic heterocycles. The third kappa shape index (κ3) is 1.66. The van der Waals surface area contributed by atoms with Gasteiger partial charge < -0.3 is 9.84 Å². The molecule has 88 valence electrons. The zero-order valence-electron chi connectivity index (χ0n) is 9.69. The van der Waals surface area contributed by atoms with Crippen LogP contribution in [-0.4, -0.2) is 34.7 Å². The highest BCUT2D eigenvalue weighted by Crippen LogP contribution is 2.46. The third-order valence-corrected chi connectivity index (χ3v) is 4.94. The minimum absolute atomic E-state index is 0.211. The summed E-state index contributed by atoms with van der Waals surface area (Å²) in [7, 11) is 2.00. The van der Waals surface area contributed by atoms with Crippen LogP contribution in [0.1, 0.15) is 37.4 Å². The third-order valence-electron chi connectivity index (χ3n) is 3.75. The van der Waals surface area contributed by atoms with E-state index in [0.29, 0.717) is 12.0 Å². The molecule has 2 fully saturated rings. The van der Waals surface area contributed by atoms with Crippen molar-refractivity contribution >= 4 is 11.8 Å². The van der Waals surface area contributed by atoms with Crippen LogP contribution in [0.5, 0.6) is 0 Å². The molecule has 0 bridgehead atoms. The molecule has 5 heteroatoms. The highest BCUT2D eigenvalue weighted by Gasteiger charge is 2.44. The van der Waals surface area contributed by atoms with Gasteiger partial charge in [0.1, 0.15) is 0 Å². The number of thioether (sulfide) groups is 1. The van der Waals surface area contributed by atoms with E-state index in [-0.39, 0.29) is 5.41 Å². The van der Waals surface area contributed by atoms with Gasteiger partial charge in [-0.05, 0) is 19.9 Å². The number of nitrogens with one attached hydrogen (secondary N) is 1. The lowest BCUT2D eigenvalue weighted by molar-refractivity contribution is 0.338. The summed E-state index contributed by atoms with van der Waals surface area (Å²) < 4.78 is 5.43. The van der Waals surface area contributed by atoms with Gasteiger partial charge in [0.25, 0.3) is 0 Å². The molecule has 1 saturated carbocycles. The van der Waals surface area contributed by atoms with Crippen LogP contribution in [0.15, 0.2) is 4.52 Å². The van der Waals surface area contributed by atoms with E-state index in [1.807, 2.05) is 18.8 Å². The first kappa shape index (κ1) is 10.6. The molecule has 4 nitrogen and oxygen atoms in total. The number of hydrogen-bond acceptors (Lipinski definition) is 5. The largest absolute Gasteiger partial charge is 0.339 e. The SMILES string of the molecule is CNC1CSCC1c1nc(C2(C)CC2)no1. The number of likely N-dealkylation sites (N-methyl/N-ethyl adjacent to an activating group) is 1. The predicted octanol–water partition coefficient (Wildman–Crippen LogP) is 1.54. The number of rotatable bonds is 3. The maximum absolute atomic E-state index is 5.43. The molecule has 1 aromatic rings. The molecule has 0 amide bonds. The van der Waals surface area contributed by atoms with Gasteiger partial charge in [-0.25, -0.2) is 0 Å². The predicted molar refractivity (Wildman–Crippen MR) is 63.8 cm³/mol. The Morgan fingerprint density at radius 1 is 1.44 bits per heavy atom. The van der Waals surface area contributed by atoms with Gasteiger partial charge >= 0.3 is 0 Å². The van der Waals surface area contributed by atoms with Crippen molar-refractivity contribution in [1.82, 2.24) is 15.5 Å². The van der Waals surface area contributed by atoms with Gasteiger partial charge in [0.15, 0.2) is 5.82 Å². The van der Waals surface area contributed by atoms with Gasteiger partial charge in [0.05, 0.1) is 5.92 Å². The van der Waals surface area contributed by atoms with Crippen molar-refractivity contribution in [3.63, 3.8) is 0 Å². The lowest BCUT2D eigenvalue weighted by Crippen LogP contribution is -2.31. The van der Waals surface area contributed by atoms with Crippen LogP contribution in [-0.2, 0) is 5.41 Å². The van der Waals surface area contributed by atoms with Crippen LogP contribution in [0.4, 0.5) is 0 Å². The number of hydrogen-bond donors (Lipinski definition) is 1. The summed E-state index contributed by atoms with van der Waals surface area (Å²) >= 11 is 1.95. The molecular formula is C11H17N3OS. The molecule has 2 heterocycles. The smallest absolute Gasteiger partial charge is 0.232 e. The lowest BCUT2D eigenvalue weighted by Gasteiger charge is -2.13. The zero-order chi connectivity index (χ0) is 11.2. The fraction of sp³-hybridized carbons (Fsp3) is 0.818. The molecule has 2 unspecified atom stereocenters. The van der Waals surface area contributed by atoms with Gasteiger partial charge in [-0.3, -0.25) is 0 Å². The minimum Gasteiger partial charge on any atom is -0.339 e. The summed E-state index contributed by atoms with van der Waals surface area (Å²) in [6.45, 7) is 2.21. The molecule has 1 N–H and O–H groups in total. The molecule has 0 spiro atoms. The Kier molecular flexibility index (Phi) is 2.47. The molecular weight excluding hydrogens is 222 g/mol. The van der Waals surface area contributed by atoms with E-state index in [1.54, 1.807) is 0 Å². The zero-order valence-corrected chi connectivity index (χ0v) is 10.5. The standard InChI is InChI=1S/C11H17N3OS/c1-11(3-4-11)10-13-9(15-14-10)7-5-16-6-8(7)12-2/h7-8,12H,3-6H2,1-2H3. The van der Waals surface area contributed by atoms with Gasteiger partial charge in [0.2, 0.25) is 5.89 Å². The summed E-state index contributed by atoms with van der Waals surface area (Å²) in [5.41, 5.74) is 0.211. The lowest BCUT2D eigenvalue weighted by atomic mass is 10.0. The first-order chi connectivity index (χ1) is 7.73. The van der Waals surface area contributed by atoms with Crippen molar-refractivity contribution in [2.75, 3.05) is 18.6 Å². The maximum atomic E-state index is 5.43. The Balaban J connectivity index is 1.81. The van der Waals surface area contributed by atoms with Gasteiger partial charge in [-0.15, -0.1) is 0 Å². The molecule has 2 aliphatic rings. The molecule has 16 heavy (non-hydrogen) atoms. The monoisotopic (exact) mass is 239 g/mol. The second kappa shape index (κ2) is 3.74. The molecule has 1 aliphatic carbocycles. The Morgan fingerprint density at radius 3 is 2.94 bits per heavy atom. The second-order valence-electron chi connectivity index (χ2n) is 5.06. The van der Waals surface area contributed by atoms with Crippen molar-refractivity contribution in [1.29, 1.82) is 0 Å². The molecule has 0 aromatic carbocycles. The van der Waals surface area contributed by atoms with Crippen LogP contribution in [0.3, 0.4) is 0 Å². The normalized spacial score (nSPS) is 31.9. The number of aromatic nitrogens is 2. The van der Waals surface area contributed by atoms with Crippen LogP contribution < -0.4 is 5.32 Å². The van der Waals surface area contributed by atoms with Gasteiger partial charge in [0, 0.05) is 23.0 Å². The molecule has 1 saturated heterocycles. The number of nitrogens with zero attached hydrogens (tertiary/aromatic N) is 2. The molecule has 3 rings (SSSR count). The van der Waals surface area contributed by atoms with Crippen LogP contribution in [0.25, 0.3) is 0 Å². The van der Waals surface area contributed by atoms with Crippen molar-refractivity contribution in [2.45, 2.75) is 37.1 Å². The summed E-state index contributed by atoms with van der Waals surface area (Å²) in [6.07, 6.45) is 2.39. The van der Waals surface area contributed by atoms with Crippen molar-refractivity contribution in [3.05, 3.63) is 11.7 Å². The summed E-state index contributed by atoms with van der Waals surface area (Å²) in [4.78, 5) is 4.59. The van der Waals surface area contributed by atoms with E-state index in [9.17, 15) is 0 Å². The van der Waals surface area contributed by atoms with Crippen LogP contribution in [0.2, 0.25) is 0 Å². The first-order valence-corrected chi connectivity index (χ1v) is 6.97. The quantitative estimate of drug-likeness (QED) is 0.867. The average molecular weight is 239 g/mol. The van der Waals surface area contributed by atoms with Gasteiger partial charge in [-0.2, -0.15) is 16.7 Å². The summed E-state index contributed by atoms with van der Waals surface area (Å²) in [5, 5.41) is 7.47. The second-order valence-corrected chi connectivity index (χ2v) is 6.13. The van der Waals surface area contributed by atoms with Crippen molar-refractivity contribution in [3.8, 4) is 0 Å². The topological polar surface area (TPSA) is 51.0 Å². The van der Waals surface area contributed by atoms with E-state index in [4.69, 9.17) is 4.52 Å². The fourth-order valence-electron chi connectivity index (χ4n) is 2.12. The molecule has 1 aromatic heterocycles. The fourth-order valence-corrected chi connectivity index (χ4v) is 3.54. The van der Waals surface area contributed by atoms with Crippen LogP contribution in [0, 0.1) is 0 Å². The van der Waals surface area contributed by atoms with Gasteiger partial charge in [-0.1, -0.05) is 12.1 Å². The van der Waals surface area contributed by atoms with Crippen LogP contribution >= 0.6 is 11.8 Å². The van der Waals surface area contributed by atoms with E-state index < -0.39 is 0 Å². The van der Waals surface area contributed by atoms with E-state index in [0.717, 1.165) is 23.2 Å². The first-order valence-electron chi connectivity index (χ1n) is 5.82. The maximum Gasteiger partial charge on any atom is 0.232 e. The summed E-state index contributed by atoms with van der Waals surface area (Å²) in [5.74, 6) is 4.35. The minimum atomic E-state index is 0.211. The van der Waals surface area contributed by atoms with E-state index in [2.05, 4.69) is 22.4 Å². The van der Waals surface area contributed by atoms with E-state index in [1.165, 1.54) is 12.8 Å².